The zero-order valence-corrected chi connectivity index (χ0v) is 7.73. The Hall–Kier alpha value is 0.690. The van der Waals surface area contributed by atoms with Crippen LogP contribution in [0.2, 0.25) is 0 Å². The summed E-state index contributed by atoms with van der Waals surface area (Å²) in [4.78, 5) is 2.58. The molecule has 3 aliphatic heterocycles. The first-order valence-corrected chi connectivity index (χ1v) is 4.78. The Bertz CT molecular complexity index is 102. The molecule has 0 amide bonds. The molecule has 0 saturated carbocycles. The summed E-state index contributed by atoms with van der Waals surface area (Å²) in [6.45, 7) is 4.09. The highest BCUT2D eigenvalue weighted by Gasteiger charge is 2.36. The van der Waals surface area contributed by atoms with Gasteiger partial charge in [-0.2, -0.15) is 0 Å². The molecule has 2 heteroatoms. The lowest BCUT2D eigenvalue weighted by Gasteiger charge is -2.44. The average molecular weight is 237 g/mol. The van der Waals surface area contributed by atoms with Crippen LogP contribution >= 0.6 is 22.6 Å². The number of hydrogen-bond acceptors (Lipinski definition) is 1. The number of rotatable bonds is 0. The highest BCUT2D eigenvalue weighted by molar-refractivity contribution is 14.1. The van der Waals surface area contributed by atoms with Crippen LogP contribution in [-0.4, -0.2) is 28.0 Å². The minimum absolute atomic E-state index is 0.715. The SMILES string of the molecule is IC12CCN(CC1)CC2. The smallest absolute Gasteiger partial charge is 0.0258 e. The quantitative estimate of drug-likeness (QED) is 0.457. The fourth-order valence-corrected chi connectivity index (χ4v) is 2.51. The lowest BCUT2D eigenvalue weighted by Crippen LogP contribution is -2.48. The van der Waals surface area contributed by atoms with Gasteiger partial charge in [-0.3, -0.25) is 0 Å². The van der Waals surface area contributed by atoms with E-state index in [9.17, 15) is 0 Å². The minimum atomic E-state index is 0.715. The monoisotopic (exact) mass is 237 g/mol. The van der Waals surface area contributed by atoms with Crippen molar-refractivity contribution >= 4 is 22.6 Å². The number of hydrogen-bond donors (Lipinski definition) is 0. The van der Waals surface area contributed by atoms with Gasteiger partial charge in [0.25, 0.3) is 0 Å². The third-order valence-corrected chi connectivity index (χ3v) is 4.25. The van der Waals surface area contributed by atoms with E-state index >= 15 is 0 Å². The lowest BCUT2D eigenvalue weighted by molar-refractivity contribution is 0.139. The highest BCUT2D eigenvalue weighted by Crippen LogP contribution is 2.39. The van der Waals surface area contributed by atoms with Gasteiger partial charge in [0.05, 0.1) is 0 Å². The van der Waals surface area contributed by atoms with Crippen molar-refractivity contribution in [2.24, 2.45) is 0 Å². The molecule has 0 aliphatic carbocycles. The van der Waals surface area contributed by atoms with E-state index < -0.39 is 0 Å². The first-order chi connectivity index (χ1) is 4.29. The third kappa shape index (κ3) is 1.11. The molecule has 3 heterocycles. The van der Waals surface area contributed by atoms with Crippen LogP contribution in [0.3, 0.4) is 0 Å². The van der Waals surface area contributed by atoms with E-state index in [2.05, 4.69) is 27.5 Å². The first kappa shape index (κ1) is 6.40. The molecule has 0 aromatic heterocycles. The Morgan fingerprint density at radius 1 is 1.00 bits per heavy atom. The summed E-state index contributed by atoms with van der Waals surface area (Å²) >= 11 is 2.67. The van der Waals surface area contributed by atoms with Crippen molar-refractivity contribution < 1.29 is 0 Å². The second-order valence-electron chi connectivity index (χ2n) is 3.24. The van der Waals surface area contributed by atoms with Crippen molar-refractivity contribution in [2.75, 3.05) is 19.6 Å². The summed E-state index contributed by atoms with van der Waals surface area (Å²) in [6.07, 6.45) is 4.31. The topological polar surface area (TPSA) is 3.24 Å². The Morgan fingerprint density at radius 3 is 1.67 bits per heavy atom. The normalized spacial score (nSPS) is 49.7. The van der Waals surface area contributed by atoms with Gasteiger partial charge in [-0.15, -0.1) is 0 Å². The lowest BCUT2D eigenvalue weighted by atomic mass is 9.88. The second kappa shape index (κ2) is 2.09. The van der Waals surface area contributed by atoms with Crippen molar-refractivity contribution in [3.63, 3.8) is 0 Å². The van der Waals surface area contributed by atoms with E-state index in [1.807, 2.05) is 0 Å². The van der Waals surface area contributed by atoms with Crippen LogP contribution in [0.5, 0.6) is 0 Å². The van der Waals surface area contributed by atoms with Gasteiger partial charge in [0, 0.05) is 3.42 Å². The number of halogens is 1. The van der Waals surface area contributed by atoms with Crippen LogP contribution in [0.25, 0.3) is 0 Å². The summed E-state index contributed by atoms with van der Waals surface area (Å²) in [7, 11) is 0. The predicted octanol–water partition coefficient (Wildman–Crippen LogP) is 1.66. The molecule has 0 radical (unpaired) electrons. The molecular formula is C7H12IN. The van der Waals surface area contributed by atoms with E-state index in [1.165, 1.54) is 38.9 Å². The third-order valence-electron chi connectivity index (χ3n) is 2.63. The van der Waals surface area contributed by atoms with Crippen molar-refractivity contribution in [2.45, 2.75) is 22.7 Å². The average Bonchev–Trinajstić information content (AvgIpc) is 1.90. The van der Waals surface area contributed by atoms with Crippen molar-refractivity contribution in [1.29, 1.82) is 0 Å². The van der Waals surface area contributed by atoms with Crippen molar-refractivity contribution in [1.82, 2.24) is 4.90 Å². The largest absolute Gasteiger partial charge is 0.303 e. The Kier molecular flexibility index (Phi) is 1.49. The fraction of sp³-hybridized carbons (Fsp3) is 1.00. The molecule has 0 unspecified atom stereocenters. The van der Waals surface area contributed by atoms with Crippen molar-refractivity contribution in [3.8, 4) is 0 Å². The molecule has 52 valence electrons. The zero-order chi connectivity index (χ0) is 6.32. The van der Waals surface area contributed by atoms with Gasteiger partial charge < -0.3 is 4.90 Å². The Balaban J connectivity index is 2.11. The molecule has 1 nitrogen and oxygen atoms in total. The van der Waals surface area contributed by atoms with Crippen LogP contribution in [0.1, 0.15) is 19.3 Å². The van der Waals surface area contributed by atoms with Crippen LogP contribution in [0.4, 0.5) is 0 Å². The number of fused-ring (bicyclic) bond motifs is 3. The number of piperidine rings is 3. The standard InChI is InChI=1S/C7H12IN/c8-7-1-4-9(5-2-7)6-3-7/h1-6H2. The van der Waals surface area contributed by atoms with Crippen molar-refractivity contribution in [3.05, 3.63) is 0 Å². The zero-order valence-electron chi connectivity index (χ0n) is 5.57. The van der Waals surface area contributed by atoms with Crippen LogP contribution in [0, 0.1) is 0 Å². The van der Waals surface area contributed by atoms with Gasteiger partial charge >= 0.3 is 0 Å². The van der Waals surface area contributed by atoms with Gasteiger partial charge in [-0.05, 0) is 38.9 Å². The summed E-state index contributed by atoms with van der Waals surface area (Å²) in [6, 6.07) is 0. The van der Waals surface area contributed by atoms with E-state index in [1.54, 1.807) is 0 Å². The molecule has 0 spiro atoms. The van der Waals surface area contributed by atoms with Gasteiger partial charge in [0.2, 0.25) is 0 Å². The molecule has 3 fully saturated rings. The van der Waals surface area contributed by atoms with Gasteiger partial charge in [-0.1, -0.05) is 22.6 Å². The summed E-state index contributed by atoms with van der Waals surface area (Å²) in [5.41, 5.74) is 0. The van der Waals surface area contributed by atoms with Crippen LogP contribution < -0.4 is 0 Å². The maximum atomic E-state index is 2.67. The molecule has 3 rings (SSSR count). The predicted molar refractivity (Wildman–Crippen MR) is 47.0 cm³/mol. The minimum Gasteiger partial charge on any atom is -0.303 e. The van der Waals surface area contributed by atoms with E-state index in [0.717, 1.165) is 0 Å². The maximum absolute atomic E-state index is 2.67. The summed E-state index contributed by atoms with van der Waals surface area (Å²) in [5, 5.41) is 0. The molecule has 3 aliphatic rings. The van der Waals surface area contributed by atoms with Gasteiger partial charge in [0.1, 0.15) is 0 Å². The van der Waals surface area contributed by atoms with Gasteiger partial charge in [-0.25, -0.2) is 0 Å². The summed E-state index contributed by atoms with van der Waals surface area (Å²) in [5.74, 6) is 0. The molecule has 0 aromatic rings. The summed E-state index contributed by atoms with van der Waals surface area (Å²) < 4.78 is 0.715. The van der Waals surface area contributed by atoms with Crippen LogP contribution in [-0.2, 0) is 0 Å². The van der Waals surface area contributed by atoms with Crippen LogP contribution in [0.15, 0.2) is 0 Å². The number of nitrogens with zero attached hydrogens (tertiary/aromatic N) is 1. The fourth-order valence-electron chi connectivity index (χ4n) is 1.79. The molecule has 3 saturated heterocycles. The molecule has 0 aromatic carbocycles. The van der Waals surface area contributed by atoms with E-state index in [-0.39, 0.29) is 0 Å². The van der Waals surface area contributed by atoms with Gasteiger partial charge in [0.15, 0.2) is 0 Å². The molecule has 9 heavy (non-hydrogen) atoms. The first-order valence-electron chi connectivity index (χ1n) is 3.70. The molecular weight excluding hydrogens is 225 g/mol. The number of alkyl halides is 1. The van der Waals surface area contributed by atoms with E-state index in [0.29, 0.717) is 3.42 Å². The highest BCUT2D eigenvalue weighted by atomic mass is 127. The molecule has 2 bridgehead atoms. The van der Waals surface area contributed by atoms with E-state index in [4.69, 9.17) is 0 Å². The Morgan fingerprint density at radius 2 is 1.44 bits per heavy atom. The Labute approximate surface area is 69.9 Å². The molecule has 0 N–H and O–H groups in total. The maximum Gasteiger partial charge on any atom is 0.0258 e. The molecule has 0 atom stereocenters. The second-order valence-corrected chi connectivity index (χ2v) is 5.53.